The molecular formula is C19H21F3N2O4S. The number of ether oxygens (including phenoxy) is 1. The SMILES string of the molecule is Cc1ccc(S(=O)(=O)N(C)CC(=O)NCc2ccc(OCC(F)(F)F)cc2)cc1. The highest BCUT2D eigenvalue weighted by Gasteiger charge is 2.28. The highest BCUT2D eigenvalue weighted by Crippen LogP contribution is 2.19. The zero-order chi connectivity index (χ0) is 21.7. The number of likely N-dealkylation sites (N-methyl/N-ethyl adjacent to an activating group) is 1. The molecule has 0 radical (unpaired) electrons. The van der Waals surface area contributed by atoms with Crippen molar-refractivity contribution >= 4 is 15.9 Å². The number of hydrogen-bond acceptors (Lipinski definition) is 4. The third-order valence-electron chi connectivity index (χ3n) is 3.91. The van der Waals surface area contributed by atoms with Crippen LogP contribution in [0.15, 0.2) is 53.4 Å². The minimum atomic E-state index is -4.42. The van der Waals surface area contributed by atoms with Crippen molar-refractivity contribution in [3.63, 3.8) is 0 Å². The standard InChI is InChI=1S/C19H21F3N2O4S/c1-14-3-9-17(10-4-14)29(26,27)24(2)12-18(25)23-11-15-5-7-16(8-6-15)28-13-19(20,21)22/h3-10H,11-13H2,1-2H3,(H,23,25). The molecule has 1 amide bonds. The summed E-state index contributed by atoms with van der Waals surface area (Å²) >= 11 is 0. The maximum absolute atomic E-state index is 12.5. The minimum absolute atomic E-state index is 0.0568. The summed E-state index contributed by atoms with van der Waals surface area (Å²) in [5.74, 6) is -0.457. The van der Waals surface area contributed by atoms with Crippen molar-refractivity contribution in [2.75, 3.05) is 20.2 Å². The quantitative estimate of drug-likeness (QED) is 0.699. The topological polar surface area (TPSA) is 75.7 Å². The van der Waals surface area contributed by atoms with Crippen LogP contribution in [0.2, 0.25) is 0 Å². The van der Waals surface area contributed by atoms with Crippen LogP contribution in [-0.4, -0.2) is 45.0 Å². The molecule has 0 atom stereocenters. The van der Waals surface area contributed by atoms with Crippen LogP contribution in [0.1, 0.15) is 11.1 Å². The van der Waals surface area contributed by atoms with Crippen LogP contribution < -0.4 is 10.1 Å². The summed E-state index contributed by atoms with van der Waals surface area (Å²) in [5.41, 5.74) is 1.54. The number of amides is 1. The van der Waals surface area contributed by atoms with Gasteiger partial charge in [0.25, 0.3) is 0 Å². The number of alkyl halides is 3. The number of nitrogens with zero attached hydrogens (tertiary/aromatic N) is 1. The van der Waals surface area contributed by atoms with Crippen LogP contribution in [0.25, 0.3) is 0 Å². The van der Waals surface area contributed by atoms with Gasteiger partial charge in [-0.15, -0.1) is 0 Å². The first-order chi connectivity index (χ1) is 13.5. The van der Waals surface area contributed by atoms with Crippen LogP contribution in [0.3, 0.4) is 0 Å². The van der Waals surface area contributed by atoms with Gasteiger partial charge in [-0.2, -0.15) is 17.5 Å². The Balaban J connectivity index is 1.86. The molecular weight excluding hydrogens is 409 g/mol. The van der Waals surface area contributed by atoms with Crippen molar-refractivity contribution in [2.24, 2.45) is 0 Å². The van der Waals surface area contributed by atoms with Crippen molar-refractivity contribution in [1.82, 2.24) is 9.62 Å². The van der Waals surface area contributed by atoms with Crippen LogP contribution in [0.4, 0.5) is 13.2 Å². The number of nitrogens with one attached hydrogen (secondary N) is 1. The van der Waals surface area contributed by atoms with Gasteiger partial charge in [-0.3, -0.25) is 4.79 Å². The van der Waals surface area contributed by atoms with Crippen LogP contribution in [-0.2, 0) is 21.4 Å². The summed E-state index contributed by atoms with van der Waals surface area (Å²) in [6.45, 7) is 0.174. The predicted molar refractivity (Wildman–Crippen MR) is 101 cm³/mol. The summed E-state index contributed by atoms with van der Waals surface area (Å²) in [6.07, 6.45) is -4.42. The number of hydrogen-bond donors (Lipinski definition) is 1. The lowest BCUT2D eigenvalue weighted by Gasteiger charge is -2.17. The van der Waals surface area contributed by atoms with Gasteiger partial charge in [0.2, 0.25) is 15.9 Å². The van der Waals surface area contributed by atoms with Crippen LogP contribution >= 0.6 is 0 Å². The monoisotopic (exact) mass is 430 g/mol. The van der Waals surface area contributed by atoms with Gasteiger partial charge in [-0.05, 0) is 36.8 Å². The molecule has 158 valence electrons. The number of aryl methyl sites for hydroxylation is 1. The lowest BCUT2D eigenvalue weighted by molar-refractivity contribution is -0.153. The average Bonchev–Trinajstić information content (AvgIpc) is 2.65. The second-order valence-corrected chi connectivity index (χ2v) is 8.44. The Morgan fingerprint density at radius 1 is 1.07 bits per heavy atom. The van der Waals surface area contributed by atoms with Gasteiger partial charge in [0.15, 0.2) is 6.61 Å². The summed E-state index contributed by atoms with van der Waals surface area (Å²) in [7, 11) is -2.49. The highest BCUT2D eigenvalue weighted by atomic mass is 32.2. The largest absolute Gasteiger partial charge is 0.484 e. The normalized spacial score (nSPS) is 12.1. The third-order valence-corrected chi connectivity index (χ3v) is 5.73. The first-order valence-corrected chi connectivity index (χ1v) is 9.99. The second kappa shape index (κ2) is 9.27. The molecule has 2 aromatic rings. The van der Waals surface area contributed by atoms with E-state index in [4.69, 9.17) is 0 Å². The molecule has 1 N–H and O–H groups in total. The van der Waals surface area contributed by atoms with E-state index in [1.807, 2.05) is 6.92 Å². The summed E-state index contributed by atoms with van der Waals surface area (Å²) in [5, 5.41) is 2.57. The first-order valence-electron chi connectivity index (χ1n) is 8.55. The Morgan fingerprint density at radius 3 is 2.21 bits per heavy atom. The molecule has 6 nitrogen and oxygen atoms in total. The Bertz CT molecular complexity index is 927. The molecule has 0 aromatic heterocycles. The summed E-state index contributed by atoms with van der Waals surface area (Å²) in [4.78, 5) is 12.2. The van der Waals surface area contributed by atoms with Gasteiger partial charge in [0.1, 0.15) is 5.75 Å². The molecule has 0 aliphatic carbocycles. The van der Waals surface area contributed by atoms with E-state index < -0.39 is 28.7 Å². The van der Waals surface area contributed by atoms with Gasteiger partial charge in [0.05, 0.1) is 11.4 Å². The molecule has 0 unspecified atom stereocenters. The van der Waals surface area contributed by atoms with E-state index >= 15 is 0 Å². The fourth-order valence-corrected chi connectivity index (χ4v) is 3.43. The zero-order valence-electron chi connectivity index (χ0n) is 15.9. The number of sulfonamides is 1. The molecule has 29 heavy (non-hydrogen) atoms. The maximum Gasteiger partial charge on any atom is 0.422 e. The zero-order valence-corrected chi connectivity index (χ0v) is 16.7. The van der Waals surface area contributed by atoms with E-state index in [-0.39, 0.29) is 23.7 Å². The van der Waals surface area contributed by atoms with Crippen molar-refractivity contribution in [2.45, 2.75) is 24.5 Å². The molecule has 0 fully saturated rings. The molecule has 0 bridgehead atoms. The van der Waals surface area contributed by atoms with Gasteiger partial charge in [0, 0.05) is 13.6 Å². The lowest BCUT2D eigenvalue weighted by atomic mass is 10.2. The van der Waals surface area contributed by atoms with Crippen molar-refractivity contribution in [1.29, 1.82) is 0 Å². The van der Waals surface area contributed by atoms with E-state index in [0.717, 1.165) is 9.87 Å². The highest BCUT2D eigenvalue weighted by molar-refractivity contribution is 7.89. The Hall–Kier alpha value is -2.59. The van der Waals surface area contributed by atoms with Crippen LogP contribution in [0, 0.1) is 6.92 Å². The molecule has 0 aliphatic rings. The fraction of sp³-hybridized carbons (Fsp3) is 0.316. The molecule has 0 saturated heterocycles. The number of halogens is 3. The molecule has 10 heteroatoms. The Morgan fingerprint density at radius 2 is 1.66 bits per heavy atom. The van der Waals surface area contributed by atoms with E-state index in [1.165, 1.54) is 43.4 Å². The fourth-order valence-electron chi connectivity index (χ4n) is 2.30. The minimum Gasteiger partial charge on any atom is -0.484 e. The second-order valence-electron chi connectivity index (χ2n) is 6.40. The molecule has 2 rings (SSSR count). The molecule has 0 saturated carbocycles. The molecule has 2 aromatic carbocycles. The smallest absolute Gasteiger partial charge is 0.422 e. The Kier molecular flexibility index (Phi) is 7.26. The van der Waals surface area contributed by atoms with E-state index in [9.17, 15) is 26.4 Å². The van der Waals surface area contributed by atoms with Gasteiger partial charge in [-0.1, -0.05) is 29.8 Å². The summed E-state index contributed by atoms with van der Waals surface area (Å²) in [6, 6.07) is 12.0. The van der Waals surface area contributed by atoms with Crippen LogP contribution in [0.5, 0.6) is 5.75 Å². The number of carbonyl (C=O) groups excluding carboxylic acids is 1. The molecule has 0 heterocycles. The summed E-state index contributed by atoms with van der Waals surface area (Å²) < 4.78 is 66.9. The molecule has 0 spiro atoms. The predicted octanol–water partition coefficient (Wildman–Crippen LogP) is 2.87. The van der Waals surface area contributed by atoms with Crippen molar-refractivity contribution < 1.29 is 31.1 Å². The van der Waals surface area contributed by atoms with E-state index in [1.54, 1.807) is 12.1 Å². The van der Waals surface area contributed by atoms with Gasteiger partial charge >= 0.3 is 6.18 Å². The maximum atomic E-state index is 12.5. The lowest BCUT2D eigenvalue weighted by Crippen LogP contribution is -2.38. The first kappa shape index (κ1) is 22.7. The number of carbonyl (C=O) groups is 1. The third kappa shape index (κ3) is 7.06. The average molecular weight is 430 g/mol. The van der Waals surface area contributed by atoms with Gasteiger partial charge in [-0.25, -0.2) is 8.42 Å². The number of rotatable bonds is 8. The molecule has 0 aliphatic heterocycles. The Labute approximate surface area is 167 Å². The van der Waals surface area contributed by atoms with E-state index in [2.05, 4.69) is 10.1 Å². The van der Waals surface area contributed by atoms with Gasteiger partial charge < -0.3 is 10.1 Å². The van der Waals surface area contributed by atoms with E-state index in [0.29, 0.717) is 5.56 Å². The number of benzene rings is 2. The van der Waals surface area contributed by atoms with Crippen molar-refractivity contribution in [3.8, 4) is 5.75 Å². The van der Waals surface area contributed by atoms with Crippen molar-refractivity contribution in [3.05, 3.63) is 59.7 Å².